The van der Waals surface area contributed by atoms with Crippen molar-refractivity contribution in [3.8, 4) is 0 Å². The predicted molar refractivity (Wildman–Crippen MR) is 107 cm³/mol. The number of hydrogen-bond acceptors (Lipinski definition) is 5. The zero-order valence-corrected chi connectivity index (χ0v) is 17.2. The Hall–Kier alpha value is -1.48. The van der Waals surface area contributed by atoms with Gasteiger partial charge in [-0.05, 0) is 62.8 Å². The largest absolute Gasteiger partial charge is 0.379 e. The van der Waals surface area contributed by atoms with E-state index < -0.39 is 10.0 Å². The van der Waals surface area contributed by atoms with Crippen LogP contribution in [0.5, 0.6) is 0 Å². The fourth-order valence-electron chi connectivity index (χ4n) is 3.87. The molecule has 1 aliphatic heterocycles. The first-order valence-electron chi connectivity index (χ1n) is 10.2. The van der Waals surface area contributed by atoms with E-state index in [1.54, 1.807) is 24.3 Å². The summed E-state index contributed by atoms with van der Waals surface area (Å²) in [6, 6.07) is 7.45. The standard InChI is InChI=1S/C20H29N3O4S/c1-15(16-2-3-16)23(18-6-7-18)14-20(24)21-17-4-8-19(9-5-17)28(25,26)22-10-12-27-13-11-22/h4-5,8-9,15-16,18H,2-3,6-7,10-14H2,1H3,(H,21,24). The molecule has 3 fully saturated rings. The van der Waals surface area contributed by atoms with Crippen LogP contribution in [0.3, 0.4) is 0 Å². The molecule has 7 nitrogen and oxygen atoms in total. The van der Waals surface area contributed by atoms with E-state index in [-0.39, 0.29) is 10.8 Å². The first-order chi connectivity index (χ1) is 13.4. The van der Waals surface area contributed by atoms with Gasteiger partial charge in [-0.2, -0.15) is 4.31 Å². The highest BCUT2D eigenvalue weighted by molar-refractivity contribution is 7.89. The van der Waals surface area contributed by atoms with Crippen molar-refractivity contribution in [1.82, 2.24) is 9.21 Å². The number of anilines is 1. The Morgan fingerprint density at radius 3 is 2.39 bits per heavy atom. The number of benzene rings is 1. The molecule has 8 heteroatoms. The summed E-state index contributed by atoms with van der Waals surface area (Å²) < 4.78 is 32.0. The molecule has 0 spiro atoms. The zero-order valence-electron chi connectivity index (χ0n) is 16.3. The van der Waals surface area contributed by atoms with Crippen LogP contribution in [0.4, 0.5) is 5.69 Å². The molecule has 1 unspecified atom stereocenters. The maximum Gasteiger partial charge on any atom is 0.243 e. The summed E-state index contributed by atoms with van der Waals surface area (Å²) in [4.78, 5) is 15.1. The van der Waals surface area contributed by atoms with Gasteiger partial charge in [0.15, 0.2) is 0 Å². The Balaban J connectivity index is 1.36. The smallest absolute Gasteiger partial charge is 0.243 e. The molecular formula is C20H29N3O4S. The second-order valence-electron chi connectivity index (χ2n) is 8.07. The molecule has 154 valence electrons. The highest BCUT2D eigenvalue weighted by atomic mass is 32.2. The Kier molecular flexibility index (Phi) is 5.73. The third-order valence-electron chi connectivity index (χ3n) is 5.92. The second kappa shape index (κ2) is 8.10. The number of morpholine rings is 1. The number of carbonyl (C=O) groups is 1. The average Bonchev–Trinajstić information content (AvgIpc) is 3.59. The first-order valence-corrected chi connectivity index (χ1v) is 11.6. The van der Waals surface area contributed by atoms with Gasteiger partial charge in [0.05, 0.1) is 24.7 Å². The van der Waals surface area contributed by atoms with Gasteiger partial charge in [0.2, 0.25) is 15.9 Å². The van der Waals surface area contributed by atoms with Crippen LogP contribution in [-0.2, 0) is 19.6 Å². The molecule has 1 aromatic rings. The number of rotatable bonds is 8. The molecule has 3 aliphatic rings. The normalized spacial score (nSPS) is 22.2. The number of ether oxygens (including phenoxy) is 1. The van der Waals surface area contributed by atoms with Crippen LogP contribution in [0.15, 0.2) is 29.2 Å². The van der Waals surface area contributed by atoms with Gasteiger partial charge in [0.25, 0.3) is 0 Å². The topological polar surface area (TPSA) is 79.0 Å². The molecule has 1 amide bonds. The predicted octanol–water partition coefficient (Wildman–Crippen LogP) is 1.91. The van der Waals surface area contributed by atoms with Crippen molar-refractivity contribution in [3.05, 3.63) is 24.3 Å². The fraction of sp³-hybridized carbons (Fsp3) is 0.650. The van der Waals surface area contributed by atoms with Gasteiger partial charge in [-0.3, -0.25) is 9.69 Å². The van der Waals surface area contributed by atoms with Crippen molar-refractivity contribution in [2.24, 2.45) is 5.92 Å². The summed E-state index contributed by atoms with van der Waals surface area (Å²) in [6.45, 7) is 4.22. The highest BCUT2D eigenvalue weighted by Gasteiger charge is 2.39. The van der Waals surface area contributed by atoms with E-state index in [0.717, 1.165) is 5.92 Å². The minimum Gasteiger partial charge on any atom is -0.379 e. The van der Waals surface area contributed by atoms with E-state index in [2.05, 4.69) is 17.1 Å². The molecule has 0 bridgehead atoms. The molecule has 2 aliphatic carbocycles. The maximum atomic E-state index is 12.7. The number of nitrogens with one attached hydrogen (secondary N) is 1. The molecule has 28 heavy (non-hydrogen) atoms. The Morgan fingerprint density at radius 1 is 1.18 bits per heavy atom. The Labute approximate surface area is 167 Å². The van der Waals surface area contributed by atoms with Gasteiger partial charge in [0.1, 0.15) is 0 Å². The van der Waals surface area contributed by atoms with Crippen molar-refractivity contribution in [2.75, 3.05) is 38.2 Å². The van der Waals surface area contributed by atoms with Crippen molar-refractivity contribution in [1.29, 1.82) is 0 Å². The van der Waals surface area contributed by atoms with Gasteiger partial charge in [0, 0.05) is 30.9 Å². The van der Waals surface area contributed by atoms with E-state index in [4.69, 9.17) is 4.74 Å². The lowest BCUT2D eigenvalue weighted by Crippen LogP contribution is -2.42. The highest BCUT2D eigenvalue weighted by Crippen LogP contribution is 2.39. The van der Waals surface area contributed by atoms with E-state index in [1.807, 2.05) is 0 Å². The Bertz CT molecular complexity index is 797. The van der Waals surface area contributed by atoms with Gasteiger partial charge in [-0.15, -0.1) is 0 Å². The van der Waals surface area contributed by atoms with Crippen LogP contribution < -0.4 is 5.32 Å². The SMILES string of the molecule is CC(C1CC1)N(CC(=O)Nc1ccc(S(=O)(=O)N2CCOCC2)cc1)C1CC1. The van der Waals surface area contributed by atoms with E-state index in [0.29, 0.717) is 50.6 Å². The molecule has 1 heterocycles. The molecule has 1 saturated heterocycles. The summed E-state index contributed by atoms with van der Waals surface area (Å²) >= 11 is 0. The van der Waals surface area contributed by atoms with Crippen LogP contribution in [0.2, 0.25) is 0 Å². The van der Waals surface area contributed by atoms with Crippen molar-refractivity contribution in [2.45, 2.75) is 49.6 Å². The number of carbonyl (C=O) groups excluding carboxylic acids is 1. The maximum absolute atomic E-state index is 12.7. The third kappa shape index (κ3) is 4.56. The second-order valence-corrected chi connectivity index (χ2v) is 10.0. The lowest BCUT2D eigenvalue weighted by atomic mass is 10.1. The average molecular weight is 408 g/mol. The molecule has 1 atom stereocenters. The van der Waals surface area contributed by atoms with Crippen LogP contribution in [-0.4, -0.2) is 68.5 Å². The summed E-state index contributed by atoms with van der Waals surface area (Å²) in [5.74, 6) is 0.696. The minimum absolute atomic E-state index is 0.0387. The van der Waals surface area contributed by atoms with Gasteiger partial charge < -0.3 is 10.1 Å². The van der Waals surface area contributed by atoms with Crippen molar-refractivity contribution < 1.29 is 17.9 Å². The summed E-state index contributed by atoms with van der Waals surface area (Å²) in [7, 11) is -3.51. The monoisotopic (exact) mass is 407 g/mol. The number of hydrogen-bond donors (Lipinski definition) is 1. The van der Waals surface area contributed by atoms with Crippen LogP contribution in [0.1, 0.15) is 32.6 Å². The molecule has 1 N–H and O–H groups in total. The van der Waals surface area contributed by atoms with Crippen LogP contribution in [0, 0.1) is 5.92 Å². The van der Waals surface area contributed by atoms with Crippen LogP contribution >= 0.6 is 0 Å². The lowest BCUT2D eigenvalue weighted by Gasteiger charge is -2.28. The number of sulfonamides is 1. The molecule has 0 aromatic heterocycles. The molecule has 4 rings (SSSR count). The van der Waals surface area contributed by atoms with Gasteiger partial charge >= 0.3 is 0 Å². The van der Waals surface area contributed by atoms with E-state index in [1.165, 1.54) is 30.0 Å². The van der Waals surface area contributed by atoms with Gasteiger partial charge in [-0.25, -0.2) is 8.42 Å². The van der Waals surface area contributed by atoms with Crippen LogP contribution in [0.25, 0.3) is 0 Å². The van der Waals surface area contributed by atoms with E-state index >= 15 is 0 Å². The quantitative estimate of drug-likeness (QED) is 0.712. The molecule has 1 aromatic carbocycles. The van der Waals surface area contributed by atoms with E-state index in [9.17, 15) is 13.2 Å². The number of nitrogens with zero attached hydrogens (tertiary/aromatic N) is 2. The fourth-order valence-corrected chi connectivity index (χ4v) is 5.28. The third-order valence-corrected chi connectivity index (χ3v) is 7.83. The van der Waals surface area contributed by atoms with Crippen molar-refractivity contribution >= 4 is 21.6 Å². The molecular weight excluding hydrogens is 378 g/mol. The lowest BCUT2D eigenvalue weighted by molar-refractivity contribution is -0.118. The van der Waals surface area contributed by atoms with Crippen molar-refractivity contribution in [3.63, 3.8) is 0 Å². The minimum atomic E-state index is -3.51. The Morgan fingerprint density at radius 2 is 1.82 bits per heavy atom. The summed E-state index contributed by atoms with van der Waals surface area (Å²) in [5.41, 5.74) is 0.626. The first kappa shape index (κ1) is 19.8. The number of amides is 1. The molecule has 0 radical (unpaired) electrons. The zero-order chi connectivity index (χ0) is 19.7. The van der Waals surface area contributed by atoms with Gasteiger partial charge in [-0.1, -0.05) is 0 Å². The summed E-state index contributed by atoms with van der Waals surface area (Å²) in [6.07, 6.45) is 4.90. The molecule has 2 saturated carbocycles. The summed E-state index contributed by atoms with van der Waals surface area (Å²) in [5, 5.41) is 2.92.